The van der Waals surface area contributed by atoms with Gasteiger partial charge < -0.3 is 21.4 Å². The van der Waals surface area contributed by atoms with E-state index < -0.39 is 5.23 Å². The standard InChI is InChI=1S/C7H9N3O4/c1-4-6(9(11)12)2-5(8)3-7(4)10(13)14/h2-3,11-12H,8H2,1H3/q-2. The Bertz CT molecular complexity index is 311. The summed E-state index contributed by atoms with van der Waals surface area (Å²) in [5.41, 5.74) is 5.20. The van der Waals surface area contributed by atoms with E-state index in [0.29, 0.717) is 0 Å². The van der Waals surface area contributed by atoms with Gasteiger partial charge >= 0.3 is 0 Å². The van der Waals surface area contributed by atoms with E-state index in [2.05, 4.69) is 0 Å². The smallest absolute Gasteiger partial charge is 0.101 e. The molecule has 4 N–H and O–H groups in total. The van der Waals surface area contributed by atoms with Crippen LogP contribution in [0.25, 0.3) is 0 Å². The Morgan fingerprint density at radius 3 is 2.14 bits per heavy atom. The first-order valence-electron chi connectivity index (χ1n) is 3.66. The van der Waals surface area contributed by atoms with Crippen LogP contribution in [0.4, 0.5) is 17.1 Å². The van der Waals surface area contributed by atoms with Crippen molar-refractivity contribution in [2.75, 3.05) is 16.2 Å². The van der Waals surface area contributed by atoms with Gasteiger partial charge in [-0.15, -0.1) is 5.23 Å². The number of hydrogen-bond acceptors (Lipinski definition) is 7. The van der Waals surface area contributed by atoms with Crippen molar-refractivity contribution in [2.24, 2.45) is 0 Å². The molecule has 78 valence electrons. The number of rotatable bonds is 2. The predicted octanol–water partition coefficient (Wildman–Crippen LogP) is 0.964. The quantitative estimate of drug-likeness (QED) is 0.479. The lowest BCUT2D eigenvalue weighted by Crippen LogP contribution is -2.15. The van der Waals surface area contributed by atoms with Gasteiger partial charge in [0.15, 0.2) is 0 Å². The summed E-state index contributed by atoms with van der Waals surface area (Å²) in [4.78, 5) is 0. The number of anilines is 3. The summed E-state index contributed by atoms with van der Waals surface area (Å²) in [6.45, 7) is 1.40. The van der Waals surface area contributed by atoms with Gasteiger partial charge in [0.1, 0.15) is 5.69 Å². The van der Waals surface area contributed by atoms with Crippen LogP contribution in [0.3, 0.4) is 0 Å². The Kier molecular flexibility index (Phi) is 2.77. The Labute approximate surface area is 79.6 Å². The molecule has 14 heavy (non-hydrogen) atoms. The maximum atomic E-state index is 10.5. The second kappa shape index (κ2) is 3.68. The van der Waals surface area contributed by atoms with Crippen molar-refractivity contribution in [1.29, 1.82) is 0 Å². The van der Waals surface area contributed by atoms with E-state index in [4.69, 9.17) is 16.1 Å². The van der Waals surface area contributed by atoms with Crippen molar-refractivity contribution in [2.45, 2.75) is 6.92 Å². The van der Waals surface area contributed by atoms with E-state index in [1.54, 1.807) is 0 Å². The Morgan fingerprint density at radius 1 is 1.21 bits per heavy atom. The summed E-state index contributed by atoms with van der Waals surface area (Å²) < 4.78 is 0. The average Bonchev–Trinajstić information content (AvgIpc) is 2.07. The van der Waals surface area contributed by atoms with Gasteiger partial charge in [-0.3, -0.25) is 10.4 Å². The number of nitrogens with two attached hydrogens (primary N) is 1. The Balaban J connectivity index is 3.32. The van der Waals surface area contributed by atoms with E-state index in [-0.39, 0.29) is 27.9 Å². The van der Waals surface area contributed by atoms with Crippen LogP contribution >= 0.6 is 0 Å². The van der Waals surface area contributed by atoms with Crippen molar-refractivity contribution >= 4 is 17.1 Å². The highest BCUT2D eigenvalue weighted by molar-refractivity contribution is 5.72. The van der Waals surface area contributed by atoms with Gasteiger partial charge in [0.2, 0.25) is 0 Å². The zero-order valence-electron chi connectivity index (χ0n) is 7.34. The monoisotopic (exact) mass is 199 g/mol. The summed E-state index contributed by atoms with van der Waals surface area (Å²) in [5, 5.41) is 37.7. The van der Waals surface area contributed by atoms with E-state index in [9.17, 15) is 10.4 Å². The highest BCUT2D eigenvalue weighted by atomic mass is 16.8. The fraction of sp³-hybridized carbons (Fsp3) is 0.143. The van der Waals surface area contributed by atoms with Crippen LogP contribution in [0.15, 0.2) is 12.1 Å². The number of hydrogen-bond donors (Lipinski definition) is 3. The molecular weight excluding hydrogens is 190 g/mol. The topological polar surface area (TPSA) is 119 Å². The molecule has 1 aromatic carbocycles. The first-order chi connectivity index (χ1) is 6.43. The van der Waals surface area contributed by atoms with Crippen LogP contribution in [-0.2, 0) is 0 Å². The third-order valence-corrected chi connectivity index (χ3v) is 1.79. The van der Waals surface area contributed by atoms with E-state index in [1.807, 2.05) is 0 Å². The van der Waals surface area contributed by atoms with Crippen molar-refractivity contribution in [1.82, 2.24) is 0 Å². The van der Waals surface area contributed by atoms with Crippen molar-refractivity contribution in [3.8, 4) is 0 Å². The Hall–Kier alpha value is -1.54. The molecule has 0 radical (unpaired) electrons. The molecule has 0 fully saturated rings. The molecule has 0 aliphatic heterocycles. The molecule has 0 spiro atoms. The molecule has 0 heterocycles. The zero-order chi connectivity index (χ0) is 10.9. The fourth-order valence-electron chi connectivity index (χ4n) is 1.10. The van der Waals surface area contributed by atoms with Crippen molar-refractivity contribution in [3.05, 3.63) is 28.1 Å². The minimum absolute atomic E-state index is 0.0883. The van der Waals surface area contributed by atoms with Gasteiger partial charge in [-0.2, -0.15) is 0 Å². The van der Waals surface area contributed by atoms with Crippen LogP contribution in [0.1, 0.15) is 5.56 Å². The molecular formula is C7H9N3O4-2. The van der Waals surface area contributed by atoms with Gasteiger partial charge in [0.25, 0.3) is 0 Å². The van der Waals surface area contributed by atoms with E-state index in [1.165, 1.54) is 13.0 Å². The second-order valence-electron chi connectivity index (χ2n) is 2.73. The molecule has 7 heteroatoms. The van der Waals surface area contributed by atoms with Crippen LogP contribution in [-0.4, -0.2) is 10.4 Å². The maximum Gasteiger partial charge on any atom is 0.101 e. The van der Waals surface area contributed by atoms with Crippen molar-refractivity contribution in [3.63, 3.8) is 0 Å². The van der Waals surface area contributed by atoms with Crippen LogP contribution in [0.5, 0.6) is 0 Å². The molecule has 0 saturated carbocycles. The minimum Gasteiger partial charge on any atom is -0.769 e. The molecule has 0 aliphatic carbocycles. The molecule has 0 amide bonds. The molecule has 7 nitrogen and oxygen atoms in total. The Morgan fingerprint density at radius 2 is 1.71 bits per heavy atom. The molecule has 0 aliphatic rings. The number of nitrogen functional groups attached to an aromatic ring is 1. The van der Waals surface area contributed by atoms with Crippen molar-refractivity contribution < 1.29 is 10.4 Å². The predicted molar refractivity (Wildman–Crippen MR) is 50.9 cm³/mol. The minimum atomic E-state index is -0.640. The maximum absolute atomic E-state index is 10.5. The number of benzene rings is 1. The molecule has 0 bridgehead atoms. The molecule has 1 aromatic rings. The van der Waals surface area contributed by atoms with Crippen LogP contribution in [0, 0.1) is 17.3 Å². The summed E-state index contributed by atoms with van der Waals surface area (Å²) >= 11 is 0. The zero-order valence-corrected chi connectivity index (χ0v) is 7.34. The molecule has 0 aromatic heterocycles. The largest absolute Gasteiger partial charge is 0.769 e. The SMILES string of the molecule is Cc1c(N([O-])[O-])cc(N)cc1N(O)O. The lowest BCUT2D eigenvalue weighted by atomic mass is 10.1. The second-order valence-corrected chi connectivity index (χ2v) is 2.73. The lowest BCUT2D eigenvalue weighted by molar-refractivity contribution is 0.0289. The van der Waals surface area contributed by atoms with Gasteiger partial charge in [0.05, 0.1) is 0 Å². The van der Waals surface area contributed by atoms with E-state index >= 15 is 0 Å². The highest BCUT2D eigenvalue weighted by Gasteiger charge is 2.08. The van der Waals surface area contributed by atoms with Gasteiger partial charge in [-0.25, -0.2) is 0 Å². The first kappa shape index (κ1) is 10.5. The van der Waals surface area contributed by atoms with E-state index in [0.717, 1.165) is 6.07 Å². The van der Waals surface area contributed by atoms with Gasteiger partial charge in [-0.05, 0) is 24.6 Å². The highest BCUT2D eigenvalue weighted by Crippen LogP contribution is 2.30. The van der Waals surface area contributed by atoms with Crippen LogP contribution < -0.4 is 16.2 Å². The third kappa shape index (κ3) is 1.86. The normalized spacial score (nSPS) is 10.1. The third-order valence-electron chi connectivity index (χ3n) is 1.79. The van der Waals surface area contributed by atoms with Gasteiger partial charge in [-0.1, -0.05) is 0 Å². The summed E-state index contributed by atoms with van der Waals surface area (Å²) in [6, 6.07) is 2.38. The first-order valence-corrected chi connectivity index (χ1v) is 3.66. The summed E-state index contributed by atoms with van der Waals surface area (Å²) in [6.07, 6.45) is 0. The van der Waals surface area contributed by atoms with Crippen LogP contribution in [0.2, 0.25) is 0 Å². The van der Waals surface area contributed by atoms with Gasteiger partial charge in [0, 0.05) is 11.4 Å². The molecule has 1 rings (SSSR count). The fourth-order valence-corrected chi connectivity index (χ4v) is 1.10. The molecule has 0 saturated heterocycles. The molecule has 0 atom stereocenters. The lowest BCUT2D eigenvalue weighted by Gasteiger charge is -2.39. The number of nitrogens with zero attached hydrogens (tertiary/aromatic N) is 2. The average molecular weight is 199 g/mol. The molecule has 0 unspecified atom stereocenters. The summed E-state index contributed by atoms with van der Waals surface area (Å²) in [5.74, 6) is 0. The summed E-state index contributed by atoms with van der Waals surface area (Å²) in [7, 11) is 0.